The van der Waals surface area contributed by atoms with Crippen LogP contribution < -0.4 is 5.32 Å². The second-order valence-corrected chi connectivity index (χ2v) is 5.49. The number of nitrogens with zero attached hydrogens (tertiary/aromatic N) is 2. The number of anilines is 1. The lowest BCUT2D eigenvalue weighted by Gasteiger charge is -2.17. The molecule has 0 radical (unpaired) electrons. The molecule has 1 N–H and O–H groups in total. The quantitative estimate of drug-likeness (QED) is 0.923. The number of amides is 1. The monoisotopic (exact) mass is 301 g/mol. The molecule has 0 spiro atoms. The fourth-order valence-electron chi connectivity index (χ4n) is 2.27. The van der Waals surface area contributed by atoms with Gasteiger partial charge < -0.3 is 5.32 Å². The van der Waals surface area contributed by atoms with Gasteiger partial charge in [-0.2, -0.15) is 0 Å². The van der Waals surface area contributed by atoms with Crippen LogP contribution in [0.2, 0.25) is 0 Å². The minimum atomic E-state index is -0.305. The molecule has 1 amide bonds. The molecule has 0 fully saturated rings. The summed E-state index contributed by atoms with van der Waals surface area (Å²) in [6.07, 6.45) is 1.76. The van der Waals surface area contributed by atoms with Crippen LogP contribution in [0.4, 0.5) is 10.1 Å². The number of pyridine rings is 1. The first kappa shape index (κ1) is 16.1. The number of hydrogen-bond acceptors (Lipinski definition) is 3. The number of likely N-dealkylation sites (N-methyl/N-ethyl adjacent to an activating group) is 1. The molecule has 0 aliphatic heterocycles. The Morgan fingerprint density at radius 1 is 1.27 bits per heavy atom. The molecule has 1 heterocycles. The zero-order chi connectivity index (χ0) is 16.1. The third kappa shape index (κ3) is 4.63. The molecule has 2 aromatic rings. The molecule has 0 unspecified atom stereocenters. The van der Waals surface area contributed by atoms with E-state index in [1.807, 2.05) is 31.0 Å². The topological polar surface area (TPSA) is 45.2 Å². The number of aryl methyl sites for hydroxylation is 2. The van der Waals surface area contributed by atoms with Gasteiger partial charge in [0, 0.05) is 24.1 Å². The molecular formula is C17H20FN3O. The summed E-state index contributed by atoms with van der Waals surface area (Å²) in [7, 11) is 1.88. The van der Waals surface area contributed by atoms with E-state index in [0.717, 1.165) is 11.3 Å². The van der Waals surface area contributed by atoms with Crippen molar-refractivity contribution in [1.29, 1.82) is 0 Å². The van der Waals surface area contributed by atoms with Gasteiger partial charge in [-0.3, -0.25) is 14.7 Å². The lowest BCUT2D eigenvalue weighted by atomic mass is 10.2. The molecule has 1 aromatic carbocycles. The van der Waals surface area contributed by atoms with Gasteiger partial charge in [0.15, 0.2) is 0 Å². The summed E-state index contributed by atoms with van der Waals surface area (Å²) in [5, 5.41) is 2.81. The van der Waals surface area contributed by atoms with Gasteiger partial charge in [0.1, 0.15) is 5.82 Å². The number of carbonyl (C=O) groups is 1. The fraction of sp³-hybridized carbons (Fsp3) is 0.294. The first-order valence-corrected chi connectivity index (χ1v) is 7.10. The first-order chi connectivity index (χ1) is 10.4. The Bertz CT molecular complexity index is 673. The molecule has 0 aliphatic rings. The van der Waals surface area contributed by atoms with E-state index < -0.39 is 0 Å². The van der Waals surface area contributed by atoms with Crippen molar-refractivity contribution in [2.45, 2.75) is 20.4 Å². The summed E-state index contributed by atoms with van der Waals surface area (Å²) in [5.41, 5.74) is 3.42. The number of nitrogens with one attached hydrogen (secondary N) is 1. The molecular weight excluding hydrogens is 281 g/mol. The highest BCUT2D eigenvalue weighted by molar-refractivity contribution is 5.92. The van der Waals surface area contributed by atoms with Gasteiger partial charge in [0.25, 0.3) is 0 Å². The lowest BCUT2D eigenvalue weighted by Crippen LogP contribution is -2.30. The van der Waals surface area contributed by atoms with Gasteiger partial charge >= 0.3 is 0 Å². The summed E-state index contributed by atoms with van der Waals surface area (Å²) >= 11 is 0. The van der Waals surface area contributed by atoms with Crippen molar-refractivity contribution < 1.29 is 9.18 Å². The Labute approximate surface area is 130 Å². The number of carbonyl (C=O) groups excluding carboxylic acids is 1. The van der Waals surface area contributed by atoms with Crippen LogP contribution in [0.25, 0.3) is 0 Å². The Kier molecular flexibility index (Phi) is 5.22. The molecule has 5 heteroatoms. The standard InChI is InChI=1S/C17H20FN3O/c1-12-8-15(18)4-5-16(12)20-17(22)11-21(3)10-14-6-7-19-13(2)9-14/h4-9H,10-11H2,1-3H3,(H,20,22). The second kappa shape index (κ2) is 7.13. The Hall–Kier alpha value is -2.27. The lowest BCUT2D eigenvalue weighted by molar-refractivity contribution is -0.117. The fourth-order valence-corrected chi connectivity index (χ4v) is 2.27. The number of rotatable bonds is 5. The van der Waals surface area contributed by atoms with E-state index in [4.69, 9.17) is 0 Å². The van der Waals surface area contributed by atoms with Crippen molar-refractivity contribution in [2.24, 2.45) is 0 Å². The van der Waals surface area contributed by atoms with Crippen LogP contribution in [-0.2, 0) is 11.3 Å². The van der Waals surface area contributed by atoms with E-state index >= 15 is 0 Å². The third-order valence-corrected chi connectivity index (χ3v) is 3.29. The van der Waals surface area contributed by atoms with E-state index in [0.29, 0.717) is 17.8 Å². The minimum Gasteiger partial charge on any atom is -0.325 e. The molecule has 0 saturated heterocycles. The first-order valence-electron chi connectivity index (χ1n) is 7.10. The number of hydrogen-bond donors (Lipinski definition) is 1. The molecule has 2 rings (SSSR count). The predicted molar refractivity (Wildman–Crippen MR) is 85.1 cm³/mol. The molecule has 0 saturated carbocycles. The molecule has 0 atom stereocenters. The van der Waals surface area contributed by atoms with Crippen molar-refractivity contribution in [3.63, 3.8) is 0 Å². The van der Waals surface area contributed by atoms with Crippen LogP contribution in [-0.4, -0.2) is 29.4 Å². The van der Waals surface area contributed by atoms with Crippen molar-refractivity contribution in [3.05, 3.63) is 59.2 Å². The molecule has 0 bridgehead atoms. The molecule has 4 nitrogen and oxygen atoms in total. The Morgan fingerprint density at radius 2 is 2.05 bits per heavy atom. The Balaban J connectivity index is 1.91. The van der Waals surface area contributed by atoms with E-state index in [-0.39, 0.29) is 18.3 Å². The van der Waals surface area contributed by atoms with Gasteiger partial charge in [0.2, 0.25) is 5.91 Å². The third-order valence-electron chi connectivity index (χ3n) is 3.29. The molecule has 1 aromatic heterocycles. The highest BCUT2D eigenvalue weighted by Gasteiger charge is 2.09. The zero-order valence-corrected chi connectivity index (χ0v) is 13.1. The summed E-state index contributed by atoms with van der Waals surface area (Å²) in [6, 6.07) is 8.25. The summed E-state index contributed by atoms with van der Waals surface area (Å²) < 4.78 is 13.0. The van der Waals surface area contributed by atoms with E-state index in [2.05, 4.69) is 10.3 Å². The summed E-state index contributed by atoms with van der Waals surface area (Å²) in [6.45, 7) is 4.63. The van der Waals surface area contributed by atoms with Crippen molar-refractivity contribution >= 4 is 11.6 Å². The van der Waals surface area contributed by atoms with Gasteiger partial charge in [-0.25, -0.2) is 4.39 Å². The number of aromatic nitrogens is 1. The van der Waals surface area contributed by atoms with Crippen LogP contribution in [0.15, 0.2) is 36.5 Å². The van der Waals surface area contributed by atoms with Crippen LogP contribution in [0, 0.1) is 19.7 Å². The molecule has 0 aliphatic carbocycles. The van der Waals surface area contributed by atoms with E-state index in [9.17, 15) is 9.18 Å². The smallest absolute Gasteiger partial charge is 0.238 e. The maximum atomic E-state index is 13.0. The van der Waals surface area contributed by atoms with Gasteiger partial charge in [-0.05, 0) is 62.4 Å². The second-order valence-electron chi connectivity index (χ2n) is 5.49. The average molecular weight is 301 g/mol. The predicted octanol–water partition coefficient (Wildman–Crippen LogP) is 2.91. The maximum Gasteiger partial charge on any atom is 0.238 e. The average Bonchev–Trinajstić information content (AvgIpc) is 2.41. The summed E-state index contributed by atoms with van der Waals surface area (Å²) in [4.78, 5) is 18.1. The van der Waals surface area contributed by atoms with Crippen molar-refractivity contribution in [1.82, 2.24) is 9.88 Å². The van der Waals surface area contributed by atoms with E-state index in [1.54, 1.807) is 19.2 Å². The normalized spacial score (nSPS) is 10.8. The highest BCUT2D eigenvalue weighted by atomic mass is 19.1. The van der Waals surface area contributed by atoms with Gasteiger partial charge in [-0.1, -0.05) is 0 Å². The molecule has 116 valence electrons. The van der Waals surface area contributed by atoms with Crippen LogP contribution in [0.5, 0.6) is 0 Å². The van der Waals surface area contributed by atoms with Gasteiger partial charge in [-0.15, -0.1) is 0 Å². The number of halogens is 1. The van der Waals surface area contributed by atoms with Crippen molar-refractivity contribution in [2.75, 3.05) is 18.9 Å². The minimum absolute atomic E-state index is 0.122. The number of benzene rings is 1. The van der Waals surface area contributed by atoms with Crippen molar-refractivity contribution in [3.8, 4) is 0 Å². The largest absolute Gasteiger partial charge is 0.325 e. The SMILES string of the molecule is Cc1cc(CN(C)CC(=O)Nc2ccc(F)cc2C)ccn1. The maximum absolute atomic E-state index is 13.0. The summed E-state index contributed by atoms with van der Waals surface area (Å²) in [5.74, 6) is -0.427. The van der Waals surface area contributed by atoms with Gasteiger partial charge in [0.05, 0.1) is 6.54 Å². The Morgan fingerprint density at radius 3 is 2.73 bits per heavy atom. The van der Waals surface area contributed by atoms with E-state index in [1.165, 1.54) is 12.1 Å². The van der Waals surface area contributed by atoms with Crippen LogP contribution in [0.3, 0.4) is 0 Å². The zero-order valence-electron chi connectivity index (χ0n) is 13.1. The van der Waals surface area contributed by atoms with Crippen LogP contribution in [0.1, 0.15) is 16.8 Å². The molecule has 22 heavy (non-hydrogen) atoms. The highest BCUT2D eigenvalue weighted by Crippen LogP contribution is 2.15. The van der Waals surface area contributed by atoms with Crippen LogP contribution >= 0.6 is 0 Å².